The maximum absolute atomic E-state index is 11.8. The molecule has 0 unspecified atom stereocenters. The molecule has 0 heterocycles. The molecule has 0 aromatic heterocycles. The molecule has 1 N–H and O–H groups in total. The minimum atomic E-state index is -1.23. The average Bonchev–Trinajstić information content (AvgIpc) is 2.30. The first kappa shape index (κ1) is 13.9. The molecule has 0 aliphatic carbocycles. The van der Waals surface area contributed by atoms with Crippen molar-refractivity contribution >= 4 is 17.4 Å². The smallest absolute Gasteiger partial charge is 0.249 e. The molecule has 0 bridgehead atoms. The maximum Gasteiger partial charge on any atom is 0.249 e. The van der Waals surface area contributed by atoms with E-state index in [2.05, 4.69) is 5.32 Å². The van der Waals surface area contributed by atoms with E-state index in [1.807, 2.05) is 19.9 Å². The second-order valence-electron chi connectivity index (χ2n) is 4.48. The van der Waals surface area contributed by atoms with Gasteiger partial charge in [0.15, 0.2) is 11.7 Å². The molecule has 18 heavy (non-hydrogen) atoms. The Morgan fingerprint density at radius 3 is 2.39 bits per heavy atom. The normalized spacial score (nSPS) is 11.7. The minimum absolute atomic E-state index is 0.137. The number of Topliss-reactive ketones (excluding diaryl/α,β-unsaturated/α-hetero) is 1. The molecule has 1 aromatic carbocycles. The highest BCUT2D eigenvalue weighted by Crippen LogP contribution is 2.12. The summed E-state index contributed by atoms with van der Waals surface area (Å²) in [5, 5.41) is 11.5. The predicted molar refractivity (Wildman–Crippen MR) is 68.6 cm³/mol. The Bertz CT molecular complexity index is 460. The number of anilines is 1. The lowest BCUT2D eigenvalue weighted by Gasteiger charge is -2.10. The first-order valence-electron chi connectivity index (χ1n) is 5.83. The summed E-state index contributed by atoms with van der Waals surface area (Å²) in [5.41, 5.74) is 0.583. The number of nitrogens with one attached hydrogen (secondary N) is 1. The van der Waals surface area contributed by atoms with Gasteiger partial charge in [-0.25, -0.2) is 0 Å². The summed E-state index contributed by atoms with van der Waals surface area (Å²) >= 11 is 0. The molecule has 4 heteroatoms. The van der Waals surface area contributed by atoms with Crippen LogP contribution in [0.3, 0.4) is 0 Å². The highest BCUT2D eigenvalue weighted by molar-refractivity contribution is 6.09. The molecule has 94 valence electrons. The molecule has 1 atom stereocenters. The molecule has 0 aliphatic rings. The van der Waals surface area contributed by atoms with Gasteiger partial charge in [0, 0.05) is 12.1 Å². The number of amides is 1. The Labute approximate surface area is 107 Å². The number of nitriles is 1. The lowest BCUT2D eigenvalue weighted by atomic mass is 9.96. The summed E-state index contributed by atoms with van der Waals surface area (Å²) in [4.78, 5) is 23.5. The van der Waals surface area contributed by atoms with Crippen LogP contribution in [0.4, 0.5) is 5.69 Å². The van der Waals surface area contributed by atoms with E-state index in [0.29, 0.717) is 5.69 Å². The lowest BCUT2D eigenvalue weighted by molar-refractivity contribution is -0.129. The molecule has 0 fully saturated rings. The first-order chi connectivity index (χ1) is 8.54. The number of hydrogen-bond acceptors (Lipinski definition) is 3. The van der Waals surface area contributed by atoms with Gasteiger partial charge in [-0.3, -0.25) is 9.59 Å². The fraction of sp³-hybridized carbons (Fsp3) is 0.357. The van der Waals surface area contributed by atoms with Crippen molar-refractivity contribution in [3.05, 3.63) is 30.3 Å². The molecule has 4 nitrogen and oxygen atoms in total. The van der Waals surface area contributed by atoms with Gasteiger partial charge in [-0.15, -0.1) is 0 Å². The van der Waals surface area contributed by atoms with Crippen LogP contribution in [0.15, 0.2) is 30.3 Å². The van der Waals surface area contributed by atoms with E-state index in [-0.39, 0.29) is 18.1 Å². The number of para-hydroxylation sites is 1. The van der Waals surface area contributed by atoms with Crippen LogP contribution in [0.25, 0.3) is 0 Å². The molecule has 0 saturated carbocycles. The van der Waals surface area contributed by atoms with Crippen LogP contribution in [0, 0.1) is 23.2 Å². The van der Waals surface area contributed by atoms with Gasteiger partial charge in [0.05, 0.1) is 6.07 Å². The van der Waals surface area contributed by atoms with Crippen LogP contribution in [0.1, 0.15) is 20.3 Å². The first-order valence-corrected chi connectivity index (χ1v) is 5.83. The summed E-state index contributed by atoms with van der Waals surface area (Å²) in [6.07, 6.45) is 0.237. The van der Waals surface area contributed by atoms with Crippen molar-refractivity contribution in [3.63, 3.8) is 0 Å². The molecular formula is C14H16N2O2. The zero-order valence-corrected chi connectivity index (χ0v) is 10.5. The standard InChI is InChI=1S/C14H16N2O2/c1-10(2)8-13(17)12(9-15)14(18)16-11-6-4-3-5-7-11/h3-7,10,12H,8H2,1-2H3,(H,16,18)/t12-/m1/s1. The van der Waals surface area contributed by atoms with Crippen LogP contribution in [0.5, 0.6) is 0 Å². The maximum atomic E-state index is 11.8. The van der Waals surface area contributed by atoms with E-state index < -0.39 is 11.8 Å². The number of ketones is 1. The Balaban J connectivity index is 2.69. The van der Waals surface area contributed by atoms with E-state index >= 15 is 0 Å². The summed E-state index contributed by atoms with van der Waals surface area (Å²) in [6.45, 7) is 3.75. The minimum Gasteiger partial charge on any atom is -0.325 e. The third-order valence-corrected chi connectivity index (χ3v) is 2.36. The topological polar surface area (TPSA) is 70.0 Å². The molecule has 1 amide bonds. The van der Waals surface area contributed by atoms with Gasteiger partial charge in [0.1, 0.15) is 0 Å². The van der Waals surface area contributed by atoms with Gasteiger partial charge in [-0.05, 0) is 18.1 Å². The molecular weight excluding hydrogens is 228 g/mol. The number of benzene rings is 1. The molecule has 0 radical (unpaired) electrons. The Morgan fingerprint density at radius 2 is 1.89 bits per heavy atom. The van der Waals surface area contributed by atoms with Gasteiger partial charge < -0.3 is 5.32 Å². The predicted octanol–water partition coefficient (Wildman–Crippen LogP) is 2.38. The fourth-order valence-corrected chi connectivity index (χ4v) is 1.53. The quantitative estimate of drug-likeness (QED) is 0.808. The Kier molecular flexibility index (Phi) is 5.06. The van der Waals surface area contributed by atoms with Gasteiger partial charge in [-0.1, -0.05) is 32.0 Å². The largest absolute Gasteiger partial charge is 0.325 e. The van der Waals surface area contributed by atoms with Gasteiger partial charge in [-0.2, -0.15) is 5.26 Å². The van der Waals surface area contributed by atoms with Crippen LogP contribution in [-0.4, -0.2) is 11.7 Å². The highest BCUT2D eigenvalue weighted by atomic mass is 16.2. The second-order valence-corrected chi connectivity index (χ2v) is 4.48. The van der Waals surface area contributed by atoms with E-state index in [1.54, 1.807) is 30.3 Å². The van der Waals surface area contributed by atoms with Crippen molar-refractivity contribution in [2.75, 3.05) is 5.32 Å². The average molecular weight is 244 g/mol. The molecule has 1 aromatic rings. The zero-order valence-electron chi connectivity index (χ0n) is 10.5. The number of carbonyl (C=O) groups is 2. The van der Waals surface area contributed by atoms with Crippen LogP contribution < -0.4 is 5.32 Å². The number of carbonyl (C=O) groups excluding carboxylic acids is 2. The SMILES string of the molecule is CC(C)CC(=O)[C@@H](C#N)C(=O)Nc1ccccc1. The van der Waals surface area contributed by atoms with E-state index in [9.17, 15) is 9.59 Å². The van der Waals surface area contributed by atoms with Crippen molar-refractivity contribution in [2.45, 2.75) is 20.3 Å². The molecule has 0 saturated heterocycles. The monoisotopic (exact) mass is 244 g/mol. The third-order valence-electron chi connectivity index (χ3n) is 2.36. The Morgan fingerprint density at radius 1 is 1.28 bits per heavy atom. The van der Waals surface area contributed by atoms with E-state index in [0.717, 1.165) is 0 Å². The van der Waals surface area contributed by atoms with Crippen molar-refractivity contribution in [2.24, 2.45) is 11.8 Å². The van der Waals surface area contributed by atoms with Crippen LogP contribution >= 0.6 is 0 Å². The third kappa shape index (κ3) is 4.02. The van der Waals surface area contributed by atoms with Crippen molar-refractivity contribution < 1.29 is 9.59 Å². The zero-order chi connectivity index (χ0) is 13.5. The summed E-state index contributed by atoms with van der Waals surface area (Å²) in [5.74, 6) is -1.99. The molecule has 0 spiro atoms. The van der Waals surface area contributed by atoms with E-state index in [1.165, 1.54) is 0 Å². The van der Waals surface area contributed by atoms with Crippen LogP contribution in [-0.2, 0) is 9.59 Å². The molecule has 1 rings (SSSR count). The highest BCUT2D eigenvalue weighted by Gasteiger charge is 2.26. The fourth-order valence-electron chi connectivity index (χ4n) is 1.53. The number of rotatable bonds is 5. The summed E-state index contributed by atoms with van der Waals surface area (Å²) in [7, 11) is 0. The van der Waals surface area contributed by atoms with Crippen molar-refractivity contribution in [1.29, 1.82) is 5.26 Å². The van der Waals surface area contributed by atoms with Gasteiger partial charge in [0.25, 0.3) is 0 Å². The van der Waals surface area contributed by atoms with Gasteiger partial charge >= 0.3 is 0 Å². The Hall–Kier alpha value is -2.15. The summed E-state index contributed by atoms with van der Waals surface area (Å²) in [6, 6.07) is 10.5. The second kappa shape index (κ2) is 6.55. The van der Waals surface area contributed by atoms with Gasteiger partial charge in [0.2, 0.25) is 5.91 Å². The van der Waals surface area contributed by atoms with Crippen molar-refractivity contribution in [1.82, 2.24) is 0 Å². The van der Waals surface area contributed by atoms with E-state index in [4.69, 9.17) is 5.26 Å². The molecule has 0 aliphatic heterocycles. The lowest BCUT2D eigenvalue weighted by Crippen LogP contribution is -2.29. The summed E-state index contributed by atoms with van der Waals surface area (Å²) < 4.78 is 0. The number of nitrogens with zero attached hydrogens (tertiary/aromatic N) is 1. The number of hydrogen-bond donors (Lipinski definition) is 1. The van der Waals surface area contributed by atoms with Crippen LogP contribution in [0.2, 0.25) is 0 Å². The van der Waals surface area contributed by atoms with Crippen molar-refractivity contribution in [3.8, 4) is 6.07 Å².